The predicted molar refractivity (Wildman–Crippen MR) is 54.1 cm³/mol. The van der Waals surface area contributed by atoms with Crippen molar-refractivity contribution >= 4 is 5.69 Å². The summed E-state index contributed by atoms with van der Waals surface area (Å²) in [7, 11) is 0. The molecule has 1 rings (SSSR count). The minimum Gasteiger partial charge on any atom is -0.508 e. The number of hydrogen-bond donors (Lipinski definition) is 4. The molecule has 0 bridgehead atoms. The van der Waals surface area contributed by atoms with Gasteiger partial charge in [0.05, 0.1) is 10.6 Å². The molecule has 0 radical (unpaired) electrons. The number of rotatable bonds is 4. The molecule has 0 aliphatic rings. The fourth-order valence-electron chi connectivity index (χ4n) is 0.962. The number of anilines is 1. The lowest BCUT2D eigenvalue weighted by atomic mass is 10.3. The van der Waals surface area contributed by atoms with Crippen molar-refractivity contribution in [1.82, 2.24) is 5.43 Å². The van der Waals surface area contributed by atoms with Crippen molar-refractivity contribution in [3.63, 3.8) is 0 Å². The van der Waals surface area contributed by atoms with Gasteiger partial charge in [-0.2, -0.15) is 0 Å². The van der Waals surface area contributed by atoms with Crippen LogP contribution in [0.1, 0.15) is 0 Å². The van der Waals surface area contributed by atoms with E-state index in [0.717, 1.165) is 6.07 Å². The smallest absolute Gasteiger partial charge is 0.275 e. The summed E-state index contributed by atoms with van der Waals surface area (Å²) >= 11 is 0. The number of aromatic hydroxyl groups is 1. The van der Waals surface area contributed by atoms with Gasteiger partial charge >= 0.3 is 0 Å². The molecule has 86 valence electrons. The van der Waals surface area contributed by atoms with Crippen LogP contribution in [0.5, 0.6) is 5.75 Å². The average molecular weight is 228 g/mol. The van der Waals surface area contributed by atoms with Gasteiger partial charge in [0.15, 0.2) is 5.82 Å². The summed E-state index contributed by atoms with van der Waals surface area (Å²) in [6, 6.07) is 3.31. The molecule has 7 nitrogen and oxygen atoms in total. The van der Waals surface area contributed by atoms with Gasteiger partial charge in [0.2, 0.25) is 0 Å². The topological polar surface area (TPSA) is 113 Å². The number of halogens is 1. The Kier molecular flexibility index (Phi) is 3.62. The van der Waals surface area contributed by atoms with Gasteiger partial charge in [-0.1, -0.05) is 0 Å². The Labute approximate surface area is 89.5 Å². The predicted octanol–water partition coefficient (Wildman–Crippen LogP) is 0.482. The molecule has 0 saturated carbocycles. The fourth-order valence-corrected chi connectivity index (χ4v) is 0.962. The summed E-state index contributed by atoms with van der Waals surface area (Å²) in [6.07, 6.45) is 0.548. The Balaban J connectivity index is 2.90. The van der Waals surface area contributed by atoms with Crippen LogP contribution in [-0.2, 0) is 0 Å². The molecule has 0 unspecified atom stereocenters. The highest BCUT2D eigenvalue weighted by molar-refractivity contribution is 5.51. The molecular formula is C8H9FN4O3. The van der Waals surface area contributed by atoms with Gasteiger partial charge in [0.1, 0.15) is 11.6 Å². The van der Waals surface area contributed by atoms with E-state index in [1.807, 2.05) is 5.43 Å². The molecule has 8 heteroatoms. The van der Waals surface area contributed by atoms with Gasteiger partial charge < -0.3 is 15.8 Å². The molecule has 0 amide bonds. The van der Waals surface area contributed by atoms with E-state index in [9.17, 15) is 14.5 Å². The van der Waals surface area contributed by atoms with E-state index in [1.54, 1.807) is 0 Å². The largest absolute Gasteiger partial charge is 0.508 e. The third-order valence-corrected chi connectivity index (χ3v) is 1.61. The number of hydrazine groups is 1. The maximum absolute atomic E-state index is 13.2. The van der Waals surface area contributed by atoms with Crippen LogP contribution in [0.15, 0.2) is 30.2 Å². The lowest BCUT2D eigenvalue weighted by molar-refractivity contribution is -0.403. The summed E-state index contributed by atoms with van der Waals surface area (Å²) in [4.78, 5) is 9.41. The van der Waals surface area contributed by atoms with Crippen molar-refractivity contribution < 1.29 is 14.4 Å². The number of nitrogens with one attached hydrogen (secondary N) is 2. The number of benzene rings is 1. The molecule has 0 aliphatic carbocycles. The van der Waals surface area contributed by atoms with Crippen LogP contribution in [0.3, 0.4) is 0 Å². The highest BCUT2D eigenvalue weighted by atomic mass is 19.1. The maximum Gasteiger partial charge on any atom is 0.275 e. The first-order valence-corrected chi connectivity index (χ1v) is 4.10. The van der Waals surface area contributed by atoms with Crippen molar-refractivity contribution in [2.45, 2.75) is 0 Å². The first-order chi connectivity index (χ1) is 7.52. The van der Waals surface area contributed by atoms with E-state index >= 15 is 0 Å². The average Bonchev–Trinajstić information content (AvgIpc) is 2.20. The van der Waals surface area contributed by atoms with Gasteiger partial charge in [-0.05, 0) is 12.1 Å². The third kappa shape index (κ3) is 3.10. The van der Waals surface area contributed by atoms with Gasteiger partial charge in [-0.15, -0.1) is 0 Å². The molecular weight excluding hydrogens is 219 g/mol. The quantitative estimate of drug-likeness (QED) is 0.258. The molecule has 0 aromatic heterocycles. The van der Waals surface area contributed by atoms with E-state index < -0.39 is 10.7 Å². The van der Waals surface area contributed by atoms with Gasteiger partial charge in [-0.25, -0.2) is 10.2 Å². The summed E-state index contributed by atoms with van der Waals surface area (Å²) in [5.41, 5.74) is 1.95. The Hall–Kier alpha value is -2.35. The lowest BCUT2D eigenvalue weighted by Gasteiger charge is -2.08. The second-order valence-electron chi connectivity index (χ2n) is 2.76. The Morgan fingerprint density at radius 2 is 2.31 bits per heavy atom. The zero-order chi connectivity index (χ0) is 12.1. The second-order valence-corrected chi connectivity index (χ2v) is 2.76. The Morgan fingerprint density at radius 3 is 2.81 bits per heavy atom. The molecule has 0 fully saturated rings. The van der Waals surface area contributed by atoms with E-state index in [-0.39, 0.29) is 17.3 Å². The summed E-state index contributed by atoms with van der Waals surface area (Å²) in [5, 5.41) is 21.5. The molecule has 0 spiro atoms. The molecule has 0 atom stereocenters. The lowest BCUT2D eigenvalue weighted by Crippen LogP contribution is -2.27. The zero-order valence-corrected chi connectivity index (χ0v) is 7.98. The number of nitrogens with zero attached hydrogens (tertiary/aromatic N) is 1. The van der Waals surface area contributed by atoms with Crippen molar-refractivity contribution in [2.24, 2.45) is 5.84 Å². The van der Waals surface area contributed by atoms with Crippen LogP contribution in [0.2, 0.25) is 0 Å². The molecule has 5 N–H and O–H groups in total. The number of phenols is 1. The molecule has 16 heavy (non-hydrogen) atoms. The van der Waals surface area contributed by atoms with Crippen molar-refractivity contribution in [3.8, 4) is 5.75 Å². The molecule has 0 aliphatic heterocycles. The van der Waals surface area contributed by atoms with Crippen LogP contribution in [0.4, 0.5) is 10.1 Å². The van der Waals surface area contributed by atoms with E-state index in [2.05, 4.69) is 5.32 Å². The highest BCUT2D eigenvalue weighted by Crippen LogP contribution is 2.20. The van der Waals surface area contributed by atoms with Crippen LogP contribution in [0, 0.1) is 15.9 Å². The maximum atomic E-state index is 13.2. The van der Waals surface area contributed by atoms with Crippen LogP contribution in [-0.4, -0.2) is 10.0 Å². The standard InChI is InChI=1S/C8H9FN4O3/c9-6-3-5(14)1-2-7(6)11-8(12-10)4-13(15)16/h1-4,11-12,14H,10H2/b8-4-. The molecule has 0 saturated heterocycles. The number of nitro groups is 1. The second kappa shape index (κ2) is 4.94. The van der Waals surface area contributed by atoms with Crippen LogP contribution in [0.25, 0.3) is 0 Å². The Morgan fingerprint density at radius 1 is 1.62 bits per heavy atom. The fraction of sp³-hybridized carbons (Fsp3) is 0. The minimum absolute atomic E-state index is 0.0520. The van der Waals surface area contributed by atoms with E-state index in [4.69, 9.17) is 10.9 Å². The van der Waals surface area contributed by atoms with Gasteiger partial charge in [0, 0.05) is 6.07 Å². The first kappa shape index (κ1) is 11.7. The third-order valence-electron chi connectivity index (χ3n) is 1.61. The van der Waals surface area contributed by atoms with Crippen LogP contribution < -0.4 is 16.6 Å². The van der Waals surface area contributed by atoms with Crippen LogP contribution >= 0.6 is 0 Å². The van der Waals surface area contributed by atoms with E-state index in [0.29, 0.717) is 6.20 Å². The number of nitrogens with two attached hydrogens (primary N) is 1. The number of phenolic OH excluding ortho intramolecular Hbond substituents is 1. The molecule has 1 aromatic carbocycles. The van der Waals surface area contributed by atoms with Crippen molar-refractivity contribution in [1.29, 1.82) is 0 Å². The van der Waals surface area contributed by atoms with Crippen molar-refractivity contribution in [2.75, 3.05) is 5.32 Å². The van der Waals surface area contributed by atoms with Gasteiger partial charge in [-0.3, -0.25) is 10.1 Å². The summed E-state index contributed by atoms with van der Waals surface area (Å²) in [5.74, 6) is 3.80. The van der Waals surface area contributed by atoms with Gasteiger partial charge in [0.25, 0.3) is 6.20 Å². The Bertz CT molecular complexity index is 435. The zero-order valence-electron chi connectivity index (χ0n) is 7.98. The SMILES string of the molecule is NN/C(=C\[N+](=O)[O-])Nc1ccc(O)cc1F. The number of hydrogen-bond acceptors (Lipinski definition) is 6. The molecule has 0 heterocycles. The normalized spacial score (nSPS) is 11.0. The van der Waals surface area contributed by atoms with E-state index in [1.165, 1.54) is 12.1 Å². The summed E-state index contributed by atoms with van der Waals surface area (Å²) < 4.78 is 13.2. The highest BCUT2D eigenvalue weighted by Gasteiger charge is 2.06. The monoisotopic (exact) mass is 228 g/mol. The first-order valence-electron chi connectivity index (χ1n) is 4.10. The van der Waals surface area contributed by atoms with Crippen molar-refractivity contribution in [3.05, 3.63) is 46.2 Å². The summed E-state index contributed by atoms with van der Waals surface area (Å²) in [6.45, 7) is 0. The molecule has 1 aromatic rings. The minimum atomic E-state index is -0.760.